The van der Waals surface area contributed by atoms with Gasteiger partial charge in [0.05, 0.1) is 12.6 Å². The predicted molar refractivity (Wildman–Crippen MR) is 59.3 cm³/mol. The van der Waals surface area contributed by atoms with E-state index in [9.17, 15) is 9.90 Å². The van der Waals surface area contributed by atoms with Gasteiger partial charge in [0, 0.05) is 12.1 Å². The lowest BCUT2D eigenvalue weighted by Crippen LogP contribution is -2.33. The number of amides is 1. The van der Waals surface area contributed by atoms with E-state index in [2.05, 4.69) is 0 Å². The van der Waals surface area contributed by atoms with Crippen LogP contribution in [0, 0.1) is 0 Å². The van der Waals surface area contributed by atoms with Gasteiger partial charge in [0.25, 0.3) is 0 Å². The highest BCUT2D eigenvalue weighted by atomic mass is 35.5. The molecule has 1 aromatic carbocycles. The van der Waals surface area contributed by atoms with Crippen molar-refractivity contribution >= 4 is 17.7 Å². The van der Waals surface area contributed by atoms with Crippen LogP contribution in [0.5, 0.6) is 0 Å². The number of rotatable bonds is 2. The first-order valence-electron chi connectivity index (χ1n) is 4.93. The Labute approximate surface area is 98.4 Å². The van der Waals surface area contributed by atoms with E-state index in [1.165, 1.54) is 4.90 Å². The molecule has 86 valence electrons. The zero-order chi connectivity index (χ0) is 11.7. The van der Waals surface area contributed by atoms with Crippen molar-refractivity contribution in [2.24, 2.45) is 0 Å². The smallest absolute Gasteiger partial charge is 0.410 e. The molecule has 0 aromatic heterocycles. The highest BCUT2D eigenvalue weighted by Gasteiger charge is 2.39. The molecular formula is C11H12ClNO3. The molecule has 1 N–H and O–H groups in total. The molecule has 0 aliphatic carbocycles. The second kappa shape index (κ2) is 4.31. The number of ether oxygens (including phenoxy) is 1. The van der Waals surface area contributed by atoms with Crippen molar-refractivity contribution in [3.8, 4) is 0 Å². The lowest BCUT2D eigenvalue weighted by atomic mass is 10.0. The van der Waals surface area contributed by atoms with Gasteiger partial charge in [-0.25, -0.2) is 4.79 Å². The van der Waals surface area contributed by atoms with E-state index in [1.54, 1.807) is 25.2 Å². The normalized spacial score (nSPS) is 24.7. The molecule has 2 atom stereocenters. The number of halogens is 1. The molecule has 1 heterocycles. The van der Waals surface area contributed by atoms with Crippen molar-refractivity contribution < 1.29 is 14.6 Å². The molecule has 16 heavy (non-hydrogen) atoms. The molecule has 1 amide bonds. The predicted octanol–water partition coefficient (Wildman–Crippen LogP) is 1.82. The molecule has 5 heteroatoms. The SMILES string of the molecule is CN1C(=O)OC(c2cccc(Cl)c2)C1CO. The lowest BCUT2D eigenvalue weighted by molar-refractivity contribution is 0.118. The number of carbonyl (C=O) groups excluding carboxylic acids is 1. The minimum atomic E-state index is -0.457. The Morgan fingerprint density at radius 1 is 1.56 bits per heavy atom. The van der Waals surface area contributed by atoms with Crippen molar-refractivity contribution in [2.75, 3.05) is 13.7 Å². The highest BCUT2D eigenvalue weighted by molar-refractivity contribution is 6.30. The maximum atomic E-state index is 11.4. The van der Waals surface area contributed by atoms with Gasteiger partial charge in [-0.05, 0) is 17.7 Å². The Hall–Kier alpha value is -1.26. The Bertz CT molecular complexity index is 410. The molecule has 4 nitrogen and oxygen atoms in total. The second-order valence-electron chi connectivity index (χ2n) is 3.72. The molecule has 0 saturated carbocycles. The lowest BCUT2D eigenvalue weighted by Gasteiger charge is -2.19. The summed E-state index contributed by atoms with van der Waals surface area (Å²) >= 11 is 5.87. The van der Waals surface area contributed by atoms with Gasteiger partial charge in [-0.3, -0.25) is 0 Å². The molecule has 1 aromatic rings. The minimum absolute atomic E-state index is 0.139. The van der Waals surface area contributed by atoms with Gasteiger partial charge in [0.2, 0.25) is 0 Å². The van der Waals surface area contributed by atoms with Crippen LogP contribution in [0.15, 0.2) is 24.3 Å². The molecular weight excluding hydrogens is 230 g/mol. The summed E-state index contributed by atoms with van der Waals surface area (Å²) in [7, 11) is 1.60. The zero-order valence-electron chi connectivity index (χ0n) is 8.76. The maximum absolute atomic E-state index is 11.4. The number of hydrogen-bond donors (Lipinski definition) is 1. The first kappa shape index (κ1) is 11.2. The summed E-state index contributed by atoms with van der Waals surface area (Å²) in [4.78, 5) is 12.8. The van der Waals surface area contributed by atoms with Crippen LogP contribution in [0.1, 0.15) is 11.7 Å². The number of aliphatic hydroxyl groups is 1. The fourth-order valence-corrected chi connectivity index (χ4v) is 2.00. The second-order valence-corrected chi connectivity index (χ2v) is 4.16. The third kappa shape index (κ3) is 1.86. The van der Waals surface area contributed by atoms with E-state index in [1.807, 2.05) is 6.07 Å². The van der Waals surface area contributed by atoms with Gasteiger partial charge < -0.3 is 14.7 Å². The number of hydrogen-bond acceptors (Lipinski definition) is 3. The first-order valence-corrected chi connectivity index (χ1v) is 5.31. The van der Waals surface area contributed by atoms with Gasteiger partial charge in [0.1, 0.15) is 0 Å². The molecule has 1 fully saturated rings. The molecule has 1 aliphatic rings. The zero-order valence-corrected chi connectivity index (χ0v) is 9.52. The van der Waals surface area contributed by atoms with Crippen LogP contribution in [-0.2, 0) is 4.74 Å². The van der Waals surface area contributed by atoms with Gasteiger partial charge >= 0.3 is 6.09 Å². The molecule has 0 spiro atoms. The average Bonchev–Trinajstić information content (AvgIpc) is 2.55. The van der Waals surface area contributed by atoms with Crippen molar-refractivity contribution in [1.29, 1.82) is 0 Å². The summed E-state index contributed by atoms with van der Waals surface area (Å²) in [6.45, 7) is -0.139. The summed E-state index contributed by atoms with van der Waals surface area (Å²) in [5.74, 6) is 0. The fraction of sp³-hybridized carbons (Fsp3) is 0.364. The largest absolute Gasteiger partial charge is 0.439 e. The number of aliphatic hydroxyl groups excluding tert-OH is 1. The summed E-state index contributed by atoms with van der Waals surface area (Å²) in [6, 6.07) is 6.75. The third-order valence-corrected chi connectivity index (χ3v) is 2.96. The van der Waals surface area contributed by atoms with Crippen molar-refractivity contribution in [2.45, 2.75) is 12.1 Å². The molecule has 0 bridgehead atoms. The number of nitrogens with zero attached hydrogens (tertiary/aromatic N) is 1. The maximum Gasteiger partial charge on any atom is 0.410 e. The number of likely N-dealkylation sites (N-methyl/N-ethyl adjacent to an activating group) is 1. The van der Waals surface area contributed by atoms with Crippen LogP contribution in [0.3, 0.4) is 0 Å². The van der Waals surface area contributed by atoms with E-state index in [0.717, 1.165) is 5.56 Å². The number of carbonyl (C=O) groups is 1. The first-order chi connectivity index (χ1) is 7.63. The summed E-state index contributed by atoms with van der Waals surface area (Å²) in [6.07, 6.45) is -0.884. The Balaban J connectivity index is 2.30. The number of cyclic esters (lactones) is 1. The minimum Gasteiger partial charge on any atom is -0.439 e. The van der Waals surface area contributed by atoms with Crippen molar-refractivity contribution in [3.05, 3.63) is 34.9 Å². The average molecular weight is 242 g/mol. The van der Waals surface area contributed by atoms with Gasteiger partial charge in [-0.15, -0.1) is 0 Å². The van der Waals surface area contributed by atoms with Crippen LogP contribution >= 0.6 is 11.6 Å². The van der Waals surface area contributed by atoms with Gasteiger partial charge in [-0.1, -0.05) is 23.7 Å². The molecule has 0 radical (unpaired) electrons. The van der Waals surface area contributed by atoms with E-state index in [4.69, 9.17) is 16.3 Å². The summed E-state index contributed by atoms with van der Waals surface area (Å²) in [5, 5.41) is 9.83. The summed E-state index contributed by atoms with van der Waals surface area (Å²) in [5.41, 5.74) is 0.796. The Morgan fingerprint density at radius 2 is 2.31 bits per heavy atom. The molecule has 1 aliphatic heterocycles. The van der Waals surface area contributed by atoms with Crippen molar-refractivity contribution in [3.63, 3.8) is 0 Å². The topological polar surface area (TPSA) is 49.8 Å². The van der Waals surface area contributed by atoms with Crippen molar-refractivity contribution in [1.82, 2.24) is 4.90 Å². The van der Waals surface area contributed by atoms with Gasteiger partial charge in [0.15, 0.2) is 6.10 Å². The standard InChI is InChI=1S/C11H12ClNO3/c1-13-9(6-14)10(16-11(13)15)7-3-2-4-8(12)5-7/h2-5,9-10,14H,6H2,1H3. The van der Waals surface area contributed by atoms with E-state index in [0.29, 0.717) is 5.02 Å². The van der Waals surface area contributed by atoms with E-state index in [-0.39, 0.29) is 12.6 Å². The summed E-state index contributed by atoms with van der Waals surface area (Å²) < 4.78 is 5.19. The Kier molecular flexibility index (Phi) is 3.03. The van der Waals surface area contributed by atoms with E-state index < -0.39 is 12.2 Å². The van der Waals surface area contributed by atoms with Crippen LogP contribution in [-0.4, -0.2) is 35.8 Å². The van der Waals surface area contributed by atoms with Gasteiger partial charge in [-0.2, -0.15) is 0 Å². The Morgan fingerprint density at radius 3 is 2.94 bits per heavy atom. The quantitative estimate of drug-likeness (QED) is 0.859. The molecule has 2 unspecified atom stereocenters. The number of benzene rings is 1. The highest BCUT2D eigenvalue weighted by Crippen LogP contribution is 2.32. The fourth-order valence-electron chi connectivity index (χ4n) is 1.80. The third-order valence-electron chi connectivity index (χ3n) is 2.73. The monoisotopic (exact) mass is 241 g/mol. The van der Waals surface area contributed by atoms with Crippen LogP contribution in [0.25, 0.3) is 0 Å². The van der Waals surface area contributed by atoms with Crippen LogP contribution < -0.4 is 0 Å². The van der Waals surface area contributed by atoms with E-state index >= 15 is 0 Å². The molecule has 1 saturated heterocycles. The van der Waals surface area contributed by atoms with Crippen LogP contribution in [0.4, 0.5) is 4.79 Å². The van der Waals surface area contributed by atoms with Crippen LogP contribution in [0.2, 0.25) is 5.02 Å². The molecule has 2 rings (SSSR count).